The van der Waals surface area contributed by atoms with Crippen LogP contribution in [0.4, 0.5) is 0 Å². The van der Waals surface area contributed by atoms with Crippen molar-refractivity contribution in [3.8, 4) is 0 Å². The molecule has 2 N–H and O–H groups in total. The SMILES string of the molecule is CCNC(=NCc1ccc(C)cc1C)NCC(C(C)C)N1CCN(C)CC1.I. The Morgan fingerprint density at radius 1 is 1.11 bits per heavy atom. The Morgan fingerprint density at radius 3 is 2.36 bits per heavy atom. The third-order valence-corrected chi connectivity index (χ3v) is 5.50. The predicted molar refractivity (Wildman–Crippen MR) is 132 cm³/mol. The molecular formula is C22H40IN5. The van der Waals surface area contributed by atoms with Gasteiger partial charge in [-0.15, -0.1) is 24.0 Å². The maximum Gasteiger partial charge on any atom is 0.191 e. The lowest BCUT2D eigenvalue weighted by Gasteiger charge is -2.40. The number of halogens is 1. The van der Waals surface area contributed by atoms with Crippen LogP contribution in [0.25, 0.3) is 0 Å². The first-order valence-corrected chi connectivity index (χ1v) is 10.4. The first-order valence-electron chi connectivity index (χ1n) is 10.4. The minimum atomic E-state index is 0. The first-order chi connectivity index (χ1) is 12.9. The fourth-order valence-corrected chi connectivity index (χ4v) is 3.67. The Hall–Kier alpha value is -0.860. The number of rotatable bonds is 7. The molecular weight excluding hydrogens is 461 g/mol. The molecule has 1 aliphatic rings. The molecule has 1 saturated heterocycles. The Labute approximate surface area is 189 Å². The van der Waals surface area contributed by atoms with Gasteiger partial charge in [0.05, 0.1) is 6.54 Å². The lowest BCUT2D eigenvalue weighted by Crippen LogP contribution is -2.55. The van der Waals surface area contributed by atoms with Crippen LogP contribution in [0.5, 0.6) is 0 Å². The summed E-state index contributed by atoms with van der Waals surface area (Å²) in [6.07, 6.45) is 0. The van der Waals surface area contributed by atoms with Crippen molar-refractivity contribution in [2.45, 2.75) is 47.2 Å². The molecule has 1 fully saturated rings. The standard InChI is InChI=1S/C22H39N5.HI/c1-7-23-22(24-15-20-9-8-18(4)14-19(20)5)25-16-21(17(2)3)27-12-10-26(6)11-13-27;/h8-9,14,17,21H,7,10-13,15-16H2,1-6H3,(H2,23,24,25);1H. The fraction of sp³-hybridized carbons (Fsp3) is 0.682. The Bertz CT molecular complexity index is 609. The van der Waals surface area contributed by atoms with E-state index in [0.29, 0.717) is 18.5 Å². The molecule has 1 heterocycles. The van der Waals surface area contributed by atoms with Crippen LogP contribution in [-0.2, 0) is 6.54 Å². The molecule has 0 radical (unpaired) electrons. The summed E-state index contributed by atoms with van der Waals surface area (Å²) in [5.74, 6) is 1.53. The molecule has 0 bridgehead atoms. The van der Waals surface area contributed by atoms with E-state index in [1.165, 1.54) is 16.7 Å². The van der Waals surface area contributed by atoms with Crippen LogP contribution < -0.4 is 10.6 Å². The van der Waals surface area contributed by atoms with E-state index in [-0.39, 0.29) is 24.0 Å². The number of nitrogens with one attached hydrogen (secondary N) is 2. The van der Waals surface area contributed by atoms with Crippen molar-refractivity contribution in [1.82, 2.24) is 20.4 Å². The third-order valence-electron chi connectivity index (χ3n) is 5.50. The van der Waals surface area contributed by atoms with Crippen molar-refractivity contribution in [3.05, 3.63) is 34.9 Å². The van der Waals surface area contributed by atoms with Gasteiger partial charge < -0.3 is 15.5 Å². The summed E-state index contributed by atoms with van der Waals surface area (Å²) in [5, 5.41) is 7.00. The number of guanidine groups is 1. The zero-order valence-electron chi connectivity index (χ0n) is 18.6. The molecule has 0 aromatic heterocycles. The van der Waals surface area contributed by atoms with E-state index in [2.05, 4.69) is 80.3 Å². The van der Waals surface area contributed by atoms with Crippen LogP contribution in [0, 0.1) is 19.8 Å². The van der Waals surface area contributed by atoms with Gasteiger partial charge in [-0.3, -0.25) is 4.90 Å². The molecule has 1 atom stereocenters. The molecule has 1 unspecified atom stereocenters. The highest BCUT2D eigenvalue weighted by Gasteiger charge is 2.25. The summed E-state index contributed by atoms with van der Waals surface area (Å²) in [7, 11) is 2.21. The van der Waals surface area contributed by atoms with E-state index in [9.17, 15) is 0 Å². The Balaban J connectivity index is 0.00000392. The average molecular weight is 502 g/mol. The van der Waals surface area contributed by atoms with Crippen LogP contribution in [-0.4, -0.2) is 68.1 Å². The summed E-state index contributed by atoms with van der Waals surface area (Å²) >= 11 is 0. The number of nitrogens with zero attached hydrogens (tertiary/aromatic N) is 3. The zero-order chi connectivity index (χ0) is 19.8. The molecule has 0 saturated carbocycles. The van der Waals surface area contributed by atoms with Crippen LogP contribution in [0.3, 0.4) is 0 Å². The molecule has 5 nitrogen and oxygen atoms in total. The molecule has 0 amide bonds. The van der Waals surface area contributed by atoms with Crippen molar-refractivity contribution in [3.63, 3.8) is 0 Å². The van der Waals surface area contributed by atoms with Gasteiger partial charge in [-0.2, -0.15) is 0 Å². The van der Waals surface area contributed by atoms with Gasteiger partial charge in [-0.1, -0.05) is 37.6 Å². The Kier molecular flexibility index (Phi) is 11.4. The minimum absolute atomic E-state index is 0. The molecule has 1 aromatic carbocycles. The van der Waals surface area contributed by atoms with Crippen molar-refractivity contribution in [2.24, 2.45) is 10.9 Å². The van der Waals surface area contributed by atoms with Crippen LogP contribution >= 0.6 is 24.0 Å². The highest BCUT2D eigenvalue weighted by molar-refractivity contribution is 14.0. The largest absolute Gasteiger partial charge is 0.357 e. The second-order valence-corrected chi connectivity index (χ2v) is 8.16. The third kappa shape index (κ3) is 7.87. The smallest absolute Gasteiger partial charge is 0.191 e. The fourth-order valence-electron chi connectivity index (χ4n) is 3.67. The van der Waals surface area contributed by atoms with Gasteiger partial charge in [-0.05, 0) is 44.9 Å². The van der Waals surface area contributed by atoms with Crippen molar-refractivity contribution in [1.29, 1.82) is 0 Å². The normalized spacial score (nSPS) is 17.3. The topological polar surface area (TPSA) is 42.9 Å². The maximum atomic E-state index is 4.83. The molecule has 0 aliphatic carbocycles. The lowest BCUT2D eigenvalue weighted by molar-refractivity contribution is 0.0900. The summed E-state index contributed by atoms with van der Waals surface area (Å²) in [6, 6.07) is 7.12. The first kappa shape index (κ1) is 25.2. The monoisotopic (exact) mass is 501 g/mol. The Morgan fingerprint density at radius 2 is 1.79 bits per heavy atom. The number of benzene rings is 1. The molecule has 1 aliphatic heterocycles. The quantitative estimate of drug-likeness (QED) is 0.342. The van der Waals surface area contributed by atoms with Crippen molar-refractivity contribution >= 4 is 29.9 Å². The molecule has 1 aromatic rings. The van der Waals surface area contributed by atoms with E-state index in [1.54, 1.807) is 0 Å². The molecule has 0 spiro atoms. The van der Waals surface area contributed by atoms with Crippen molar-refractivity contribution in [2.75, 3.05) is 46.3 Å². The number of hydrogen-bond acceptors (Lipinski definition) is 3. The summed E-state index contributed by atoms with van der Waals surface area (Å²) in [5.41, 5.74) is 3.90. The van der Waals surface area contributed by atoms with E-state index < -0.39 is 0 Å². The van der Waals surface area contributed by atoms with Gasteiger partial charge >= 0.3 is 0 Å². The highest BCUT2D eigenvalue weighted by atomic mass is 127. The van der Waals surface area contributed by atoms with Crippen molar-refractivity contribution < 1.29 is 0 Å². The van der Waals surface area contributed by atoms with Gasteiger partial charge in [0.15, 0.2) is 5.96 Å². The maximum absolute atomic E-state index is 4.83. The highest BCUT2D eigenvalue weighted by Crippen LogP contribution is 2.13. The number of aliphatic imine (C=N–C) groups is 1. The van der Waals surface area contributed by atoms with Gasteiger partial charge in [0, 0.05) is 45.3 Å². The number of aryl methyl sites for hydroxylation is 2. The second kappa shape index (κ2) is 12.6. The summed E-state index contributed by atoms with van der Waals surface area (Å²) in [4.78, 5) is 9.87. The molecule has 6 heteroatoms. The molecule has 28 heavy (non-hydrogen) atoms. The number of hydrogen-bond donors (Lipinski definition) is 2. The van der Waals surface area contributed by atoms with Crippen LogP contribution in [0.15, 0.2) is 23.2 Å². The van der Waals surface area contributed by atoms with E-state index in [0.717, 1.165) is 45.2 Å². The minimum Gasteiger partial charge on any atom is -0.357 e. The average Bonchev–Trinajstić information content (AvgIpc) is 2.62. The van der Waals surface area contributed by atoms with E-state index in [1.807, 2.05) is 0 Å². The molecule has 160 valence electrons. The summed E-state index contributed by atoms with van der Waals surface area (Å²) in [6.45, 7) is 18.2. The van der Waals surface area contributed by atoms with Gasteiger partial charge in [0.25, 0.3) is 0 Å². The number of piperazine rings is 1. The zero-order valence-corrected chi connectivity index (χ0v) is 20.9. The van der Waals surface area contributed by atoms with E-state index >= 15 is 0 Å². The van der Waals surface area contributed by atoms with Gasteiger partial charge in [-0.25, -0.2) is 4.99 Å². The van der Waals surface area contributed by atoms with Gasteiger partial charge in [0.1, 0.15) is 0 Å². The second-order valence-electron chi connectivity index (χ2n) is 8.16. The molecule has 2 rings (SSSR count). The summed E-state index contributed by atoms with van der Waals surface area (Å²) < 4.78 is 0. The van der Waals surface area contributed by atoms with E-state index in [4.69, 9.17) is 4.99 Å². The van der Waals surface area contributed by atoms with Crippen LogP contribution in [0.1, 0.15) is 37.5 Å². The number of likely N-dealkylation sites (N-methyl/N-ethyl adjacent to an activating group) is 1. The van der Waals surface area contributed by atoms with Gasteiger partial charge in [0.2, 0.25) is 0 Å². The predicted octanol–water partition coefficient (Wildman–Crippen LogP) is 3.25. The van der Waals surface area contributed by atoms with Crippen LogP contribution in [0.2, 0.25) is 0 Å². The lowest BCUT2D eigenvalue weighted by atomic mass is 10.0.